The summed E-state index contributed by atoms with van der Waals surface area (Å²) in [7, 11) is 1.78. The second-order valence-electron chi connectivity index (χ2n) is 4.74. The van der Waals surface area contributed by atoms with E-state index in [9.17, 15) is 0 Å². The predicted octanol–water partition coefficient (Wildman–Crippen LogP) is 2.15. The summed E-state index contributed by atoms with van der Waals surface area (Å²) >= 11 is 0. The first-order valence-electron chi connectivity index (χ1n) is 6.54. The molecule has 6 heteroatoms. The van der Waals surface area contributed by atoms with E-state index in [1.54, 1.807) is 7.05 Å². The molecule has 0 fully saturated rings. The molecule has 0 amide bonds. The molecule has 0 unspecified atom stereocenters. The van der Waals surface area contributed by atoms with Crippen molar-refractivity contribution in [2.45, 2.75) is 26.3 Å². The maximum atomic E-state index is 5.36. The Hall–Kier alpha value is -1.18. The zero-order valence-electron chi connectivity index (χ0n) is 12.1. The maximum Gasteiger partial charge on any atom is 0.231 e. The van der Waals surface area contributed by atoms with Crippen molar-refractivity contribution in [3.63, 3.8) is 0 Å². The molecule has 0 saturated heterocycles. The molecular formula is C14H22IN3O2. The number of hydrogen-bond donors (Lipinski definition) is 2. The van der Waals surface area contributed by atoms with E-state index >= 15 is 0 Å². The zero-order valence-corrected chi connectivity index (χ0v) is 14.4. The number of benzene rings is 1. The van der Waals surface area contributed by atoms with Crippen molar-refractivity contribution in [3.8, 4) is 11.5 Å². The third-order valence-electron chi connectivity index (χ3n) is 2.79. The lowest BCUT2D eigenvalue weighted by Crippen LogP contribution is -2.41. The van der Waals surface area contributed by atoms with Gasteiger partial charge < -0.3 is 20.1 Å². The summed E-state index contributed by atoms with van der Waals surface area (Å²) in [6.07, 6.45) is 0.912. The minimum absolute atomic E-state index is 0. The number of halogens is 1. The molecule has 1 heterocycles. The predicted molar refractivity (Wildman–Crippen MR) is 91.3 cm³/mol. The van der Waals surface area contributed by atoms with Gasteiger partial charge in [-0.15, -0.1) is 24.0 Å². The molecule has 112 valence electrons. The van der Waals surface area contributed by atoms with Gasteiger partial charge in [-0.2, -0.15) is 0 Å². The summed E-state index contributed by atoms with van der Waals surface area (Å²) in [5.41, 5.74) is 1.22. The number of guanidine groups is 1. The van der Waals surface area contributed by atoms with E-state index in [1.807, 2.05) is 12.1 Å². The monoisotopic (exact) mass is 391 g/mol. The molecule has 1 aromatic rings. The highest BCUT2D eigenvalue weighted by Gasteiger charge is 2.12. The molecule has 5 nitrogen and oxygen atoms in total. The van der Waals surface area contributed by atoms with Gasteiger partial charge in [0.05, 0.1) is 0 Å². The molecule has 1 aromatic carbocycles. The van der Waals surface area contributed by atoms with Crippen molar-refractivity contribution in [1.82, 2.24) is 10.6 Å². The molecule has 0 aliphatic carbocycles. The van der Waals surface area contributed by atoms with Crippen LogP contribution in [0.25, 0.3) is 0 Å². The van der Waals surface area contributed by atoms with Crippen LogP contribution in [0.3, 0.4) is 0 Å². The quantitative estimate of drug-likeness (QED) is 0.469. The third-order valence-corrected chi connectivity index (χ3v) is 2.79. The minimum Gasteiger partial charge on any atom is -0.454 e. The fourth-order valence-electron chi connectivity index (χ4n) is 1.89. The van der Waals surface area contributed by atoms with Gasteiger partial charge in [0.2, 0.25) is 6.79 Å². The van der Waals surface area contributed by atoms with E-state index < -0.39 is 0 Å². The third kappa shape index (κ3) is 4.73. The topological polar surface area (TPSA) is 54.9 Å². The Bertz CT molecular complexity index is 464. The van der Waals surface area contributed by atoms with Gasteiger partial charge in [-0.25, -0.2) is 0 Å². The van der Waals surface area contributed by atoms with Gasteiger partial charge in [-0.05, 0) is 38.0 Å². The number of aliphatic imine (C=N–C) groups is 1. The van der Waals surface area contributed by atoms with Crippen molar-refractivity contribution < 1.29 is 9.47 Å². The molecule has 20 heavy (non-hydrogen) atoms. The molecule has 2 N–H and O–H groups in total. The van der Waals surface area contributed by atoms with E-state index in [0.717, 1.165) is 30.4 Å². The molecule has 1 aliphatic heterocycles. The van der Waals surface area contributed by atoms with Crippen LogP contribution >= 0.6 is 24.0 Å². The van der Waals surface area contributed by atoms with Crippen molar-refractivity contribution in [3.05, 3.63) is 23.8 Å². The Balaban J connectivity index is 0.00000200. The first-order valence-corrected chi connectivity index (χ1v) is 6.54. The molecule has 0 aromatic heterocycles. The molecule has 0 atom stereocenters. The molecule has 0 spiro atoms. The van der Waals surface area contributed by atoms with Gasteiger partial charge in [0.25, 0.3) is 0 Å². The fraction of sp³-hybridized carbons (Fsp3) is 0.500. The van der Waals surface area contributed by atoms with Crippen molar-refractivity contribution in [2.24, 2.45) is 4.99 Å². The average molecular weight is 391 g/mol. The van der Waals surface area contributed by atoms with E-state index in [0.29, 0.717) is 12.8 Å². The smallest absolute Gasteiger partial charge is 0.231 e. The van der Waals surface area contributed by atoms with Crippen LogP contribution in [0.15, 0.2) is 23.2 Å². The molecular weight excluding hydrogens is 369 g/mol. The number of ether oxygens (including phenoxy) is 2. The maximum absolute atomic E-state index is 5.36. The highest BCUT2D eigenvalue weighted by molar-refractivity contribution is 14.0. The second-order valence-corrected chi connectivity index (χ2v) is 4.74. The largest absolute Gasteiger partial charge is 0.454 e. The van der Waals surface area contributed by atoms with Crippen LogP contribution in [0.4, 0.5) is 0 Å². The van der Waals surface area contributed by atoms with E-state index in [1.165, 1.54) is 5.56 Å². The lowest BCUT2D eigenvalue weighted by Gasteiger charge is -2.14. The average Bonchev–Trinajstić information content (AvgIpc) is 2.84. The Morgan fingerprint density at radius 2 is 2.05 bits per heavy atom. The van der Waals surface area contributed by atoms with E-state index in [2.05, 4.69) is 35.5 Å². The van der Waals surface area contributed by atoms with Crippen LogP contribution < -0.4 is 20.1 Å². The van der Waals surface area contributed by atoms with Gasteiger partial charge in [0, 0.05) is 19.6 Å². The molecule has 1 aliphatic rings. The standard InChI is InChI=1S/C14H21N3O2.HI/c1-10(2)17-14(15-3)16-7-6-11-4-5-12-13(8-11)19-9-18-12;/h4-5,8,10H,6-7,9H2,1-3H3,(H2,15,16,17);1H. The normalized spacial score (nSPS) is 13.1. The summed E-state index contributed by atoms with van der Waals surface area (Å²) in [6.45, 7) is 5.32. The summed E-state index contributed by atoms with van der Waals surface area (Å²) in [6, 6.07) is 6.42. The molecule has 0 radical (unpaired) electrons. The van der Waals surface area contributed by atoms with Crippen molar-refractivity contribution >= 4 is 29.9 Å². The van der Waals surface area contributed by atoms with Crippen LogP contribution in [0.1, 0.15) is 19.4 Å². The molecule has 0 saturated carbocycles. The van der Waals surface area contributed by atoms with Gasteiger partial charge in [-0.1, -0.05) is 6.07 Å². The Kier molecular flexibility index (Phi) is 6.90. The first-order chi connectivity index (χ1) is 9.19. The van der Waals surface area contributed by atoms with E-state index in [4.69, 9.17) is 9.47 Å². The molecule has 0 bridgehead atoms. The van der Waals surface area contributed by atoms with Gasteiger partial charge in [0.1, 0.15) is 0 Å². The first kappa shape index (κ1) is 16.9. The van der Waals surface area contributed by atoms with Crippen molar-refractivity contribution in [1.29, 1.82) is 0 Å². The Morgan fingerprint density at radius 3 is 2.75 bits per heavy atom. The second kappa shape index (κ2) is 8.18. The number of nitrogens with one attached hydrogen (secondary N) is 2. The summed E-state index contributed by atoms with van der Waals surface area (Å²) < 4.78 is 10.7. The SMILES string of the molecule is CN=C(NCCc1ccc2c(c1)OCO2)NC(C)C.I. The van der Waals surface area contributed by atoms with E-state index in [-0.39, 0.29) is 24.0 Å². The highest BCUT2D eigenvalue weighted by Crippen LogP contribution is 2.32. The van der Waals surface area contributed by atoms with Crippen molar-refractivity contribution in [2.75, 3.05) is 20.4 Å². The summed E-state index contributed by atoms with van der Waals surface area (Å²) in [5.74, 6) is 2.49. The number of nitrogens with zero attached hydrogens (tertiary/aromatic N) is 1. The number of fused-ring (bicyclic) bond motifs is 1. The number of rotatable bonds is 4. The van der Waals surface area contributed by atoms with Crippen LogP contribution in [0.2, 0.25) is 0 Å². The van der Waals surface area contributed by atoms with Gasteiger partial charge >= 0.3 is 0 Å². The van der Waals surface area contributed by atoms with Crippen LogP contribution in [0, 0.1) is 0 Å². The van der Waals surface area contributed by atoms with Gasteiger partial charge in [-0.3, -0.25) is 4.99 Å². The summed E-state index contributed by atoms with van der Waals surface area (Å²) in [5, 5.41) is 6.54. The van der Waals surface area contributed by atoms with Crippen LogP contribution in [-0.2, 0) is 6.42 Å². The minimum atomic E-state index is 0. The Morgan fingerprint density at radius 1 is 1.30 bits per heavy atom. The van der Waals surface area contributed by atoms with Crippen LogP contribution in [0.5, 0.6) is 11.5 Å². The number of hydrogen-bond acceptors (Lipinski definition) is 3. The summed E-state index contributed by atoms with van der Waals surface area (Å²) in [4.78, 5) is 4.17. The van der Waals surface area contributed by atoms with Crippen LogP contribution in [-0.4, -0.2) is 32.4 Å². The Labute approximate surface area is 137 Å². The lowest BCUT2D eigenvalue weighted by atomic mass is 10.1. The fourth-order valence-corrected chi connectivity index (χ4v) is 1.89. The zero-order chi connectivity index (χ0) is 13.7. The lowest BCUT2D eigenvalue weighted by molar-refractivity contribution is 0.174. The van der Waals surface area contributed by atoms with Gasteiger partial charge in [0.15, 0.2) is 17.5 Å². The molecule has 2 rings (SSSR count). The highest BCUT2D eigenvalue weighted by atomic mass is 127.